The van der Waals surface area contributed by atoms with E-state index in [4.69, 9.17) is 9.47 Å². The van der Waals surface area contributed by atoms with Crippen molar-refractivity contribution in [2.75, 3.05) is 19.0 Å². The third kappa shape index (κ3) is 3.61. The summed E-state index contributed by atoms with van der Waals surface area (Å²) in [7, 11) is 1.59. The van der Waals surface area contributed by atoms with Crippen LogP contribution in [0.1, 0.15) is 44.1 Å². The Balaban J connectivity index is 1.21. The Morgan fingerprint density at radius 1 is 0.931 bits per heavy atom. The molecule has 0 unspecified atom stereocenters. The van der Waals surface area contributed by atoms with Crippen LogP contribution in [0.15, 0.2) is 48.5 Å². The molecule has 6 rings (SSSR count). The normalized spacial score (nSPS) is 29.5. The first-order valence-corrected chi connectivity index (χ1v) is 10.8. The number of carbonyl (C=O) groups is 1. The van der Waals surface area contributed by atoms with Crippen LogP contribution in [0, 0.1) is 17.8 Å². The summed E-state index contributed by atoms with van der Waals surface area (Å²) in [6.07, 6.45) is 8.45. The van der Waals surface area contributed by atoms with Gasteiger partial charge in [0.1, 0.15) is 0 Å². The van der Waals surface area contributed by atoms with Crippen molar-refractivity contribution >= 4 is 11.6 Å². The van der Waals surface area contributed by atoms with Crippen LogP contribution in [-0.4, -0.2) is 19.6 Å². The van der Waals surface area contributed by atoms with Crippen LogP contribution < -0.4 is 14.8 Å². The molecular formula is C25H29NO3. The molecule has 4 fully saturated rings. The number of methoxy groups -OCH3 is 1. The molecule has 29 heavy (non-hydrogen) atoms. The average molecular weight is 392 g/mol. The average Bonchev–Trinajstić information content (AvgIpc) is 2.72. The summed E-state index contributed by atoms with van der Waals surface area (Å²) in [6.45, 7) is -0.0445. The Morgan fingerprint density at radius 3 is 2.10 bits per heavy atom. The highest BCUT2D eigenvalue weighted by Crippen LogP contribution is 2.60. The van der Waals surface area contributed by atoms with Crippen molar-refractivity contribution in [3.8, 4) is 11.5 Å². The molecule has 0 radical (unpaired) electrons. The molecule has 4 aliphatic rings. The maximum Gasteiger partial charge on any atom is 0.262 e. The zero-order valence-corrected chi connectivity index (χ0v) is 17.0. The van der Waals surface area contributed by atoms with Gasteiger partial charge in [0, 0.05) is 5.69 Å². The molecule has 4 heteroatoms. The summed E-state index contributed by atoms with van der Waals surface area (Å²) in [5.41, 5.74) is 2.69. The lowest BCUT2D eigenvalue weighted by molar-refractivity contribution is -0.118. The number of benzene rings is 2. The van der Waals surface area contributed by atoms with Crippen LogP contribution in [0.5, 0.6) is 11.5 Å². The van der Waals surface area contributed by atoms with Gasteiger partial charge in [-0.1, -0.05) is 24.3 Å². The molecule has 2 aromatic rings. The summed E-state index contributed by atoms with van der Waals surface area (Å²) >= 11 is 0. The van der Waals surface area contributed by atoms with Gasteiger partial charge in [-0.05, 0) is 91.5 Å². The fourth-order valence-electron chi connectivity index (χ4n) is 6.45. The van der Waals surface area contributed by atoms with E-state index in [9.17, 15) is 4.79 Å². The first kappa shape index (κ1) is 18.5. The molecule has 0 saturated heterocycles. The molecule has 2 aromatic carbocycles. The smallest absolute Gasteiger partial charge is 0.262 e. The quantitative estimate of drug-likeness (QED) is 0.738. The minimum Gasteiger partial charge on any atom is -0.493 e. The molecule has 4 saturated carbocycles. The lowest BCUT2D eigenvalue weighted by Gasteiger charge is -2.57. The summed E-state index contributed by atoms with van der Waals surface area (Å²) in [4.78, 5) is 12.3. The van der Waals surface area contributed by atoms with Gasteiger partial charge in [-0.2, -0.15) is 0 Å². The van der Waals surface area contributed by atoms with E-state index < -0.39 is 0 Å². The van der Waals surface area contributed by atoms with Crippen molar-refractivity contribution in [1.29, 1.82) is 0 Å². The maximum absolute atomic E-state index is 12.3. The number of nitrogens with one attached hydrogen (secondary N) is 1. The highest BCUT2D eigenvalue weighted by molar-refractivity contribution is 5.91. The number of para-hydroxylation sites is 2. The van der Waals surface area contributed by atoms with Gasteiger partial charge in [0.2, 0.25) is 0 Å². The highest BCUT2D eigenvalue weighted by atomic mass is 16.5. The van der Waals surface area contributed by atoms with Gasteiger partial charge < -0.3 is 14.8 Å². The van der Waals surface area contributed by atoms with E-state index in [-0.39, 0.29) is 12.5 Å². The lowest BCUT2D eigenvalue weighted by Crippen LogP contribution is -2.48. The first-order valence-electron chi connectivity index (χ1n) is 10.8. The number of anilines is 1. The zero-order valence-electron chi connectivity index (χ0n) is 17.0. The van der Waals surface area contributed by atoms with Crippen LogP contribution in [0.3, 0.4) is 0 Å². The fraction of sp³-hybridized carbons (Fsp3) is 0.480. The van der Waals surface area contributed by atoms with E-state index in [1.807, 2.05) is 18.2 Å². The number of hydrogen-bond acceptors (Lipinski definition) is 3. The number of rotatable bonds is 6. The van der Waals surface area contributed by atoms with E-state index in [0.29, 0.717) is 16.9 Å². The summed E-state index contributed by atoms with van der Waals surface area (Å²) in [6, 6.07) is 15.9. The third-order valence-electron chi connectivity index (χ3n) is 7.25. The van der Waals surface area contributed by atoms with Gasteiger partial charge in [0.05, 0.1) is 7.11 Å². The van der Waals surface area contributed by atoms with Gasteiger partial charge >= 0.3 is 0 Å². The molecule has 152 valence electrons. The standard InChI is InChI=1S/C25H29NO3/c1-28-22-4-2-3-5-23(22)29-16-24(27)26-21-8-6-20(7-9-21)25-13-17-10-18(14-25)12-19(11-17)15-25/h2-9,17-19H,10-16H2,1H3,(H,26,27). The Morgan fingerprint density at radius 2 is 1.52 bits per heavy atom. The van der Waals surface area contributed by atoms with Crippen molar-refractivity contribution in [1.82, 2.24) is 0 Å². The van der Waals surface area contributed by atoms with Gasteiger partial charge in [0.25, 0.3) is 5.91 Å². The number of amides is 1. The molecule has 0 heterocycles. The molecule has 4 nitrogen and oxygen atoms in total. The molecule has 0 aromatic heterocycles. The van der Waals surface area contributed by atoms with E-state index in [1.54, 1.807) is 13.2 Å². The van der Waals surface area contributed by atoms with Gasteiger partial charge in [0.15, 0.2) is 18.1 Å². The number of ether oxygens (including phenoxy) is 2. The van der Waals surface area contributed by atoms with E-state index in [0.717, 1.165) is 23.4 Å². The Hall–Kier alpha value is -2.49. The molecule has 1 amide bonds. The molecule has 4 aliphatic carbocycles. The zero-order chi connectivity index (χ0) is 19.8. The van der Waals surface area contributed by atoms with Crippen molar-refractivity contribution in [2.45, 2.75) is 43.9 Å². The van der Waals surface area contributed by atoms with E-state index in [1.165, 1.54) is 44.1 Å². The summed E-state index contributed by atoms with van der Waals surface area (Å²) < 4.78 is 10.9. The Bertz CT molecular complexity index is 854. The molecule has 0 aliphatic heterocycles. The molecule has 0 atom stereocenters. The highest BCUT2D eigenvalue weighted by Gasteiger charge is 2.51. The molecular weight excluding hydrogens is 362 g/mol. The predicted octanol–water partition coefficient (Wildman–Crippen LogP) is 5.18. The SMILES string of the molecule is COc1ccccc1OCC(=O)Nc1ccc(C23CC4CC(CC(C4)C2)C3)cc1. The van der Waals surface area contributed by atoms with Gasteiger partial charge in [-0.25, -0.2) is 0 Å². The lowest BCUT2D eigenvalue weighted by atomic mass is 9.48. The maximum atomic E-state index is 12.3. The van der Waals surface area contributed by atoms with Crippen molar-refractivity contribution in [2.24, 2.45) is 17.8 Å². The summed E-state index contributed by atoms with van der Waals surface area (Å²) in [5, 5.41) is 2.95. The monoisotopic (exact) mass is 391 g/mol. The van der Waals surface area contributed by atoms with Crippen LogP contribution >= 0.6 is 0 Å². The van der Waals surface area contributed by atoms with Crippen LogP contribution in [-0.2, 0) is 10.2 Å². The Labute approximate surface area is 172 Å². The predicted molar refractivity (Wildman–Crippen MR) is 113 cm³/mol. The fourth-order valence-corrected chi connectivity index (χ4v) is 6.45. The molecule has 0 spiro atoms. The van der Waals surface area contributed by atoms with Crippen molar-refractivity contribution in [3.05, 3.63) is 54.1 Å². The van der Waals surface area contributed by atoms with Crippen LogP contribution in [0.25, 0.3) is 0 Å². The van der Waals surface area contributed by atoms with E-state index >= 15 is 0 Å². The van der Waals surface area contributed by atoms with Gasteiger partial charge in [-0.15, -0.1) is 0 Å². The summed E-state index contributed by atoms with van der Waals surface area (Å²) in [5.74, 6) is 3.84. The minimum atomic E-state index is -0.168. The van der Waals surface area contributed by atoms with Crippen LogP contribution in [0.4, 0.5) is 5.69 Å². The second-order valence-electron chi connectivity index (χ2n) is 9.26. The third-order valence-corrected chi connectivity index (χ3v) is 7.25. The minimum absolute atomic E-state index is 0.0445. The topological polar surface area (TPSA) is 47.6 Å². The number of hydrogen-bond donors (Lipinski definition) is 1. The largest absolute Gasteiger partial charge is 0.493 e. The first-order chi connectivity index (χ1) is 14.1. The van der Waals surface area contributed by atoms with E-state index in [2.05, 4.69) is 29.6 Å². The molecule has 1 N–H and O–H groups in total. The van der Waals surface area contributed by atoms with Crippen molar-refractivity contribution < 1.29 is 14.3 Å². The van der Waals surface area contributed by atoms with Crippen LogP contribution in [0.2, 0.25) is 0 Å². The van der Waals surface area contributed by atoms with Gasteiger partial charge in [-0.3, -0.25) is 4.79 Å². The molecule has 4 bridgehead atoms. The van der Waals surface area contributed by atoms with Crippen molar-refractivity contribution in [3.63, 3.8) is 0 Å². The number of carbonyl (C=O) groups excluding carboxylic acids is 1. The Kier molecular flexibility index (Phi) is 4.73. The second-order valence-corrected chi connectivity index (χ2v) is 9.26. The second kappa shape index (κ2) is 7.40.